The largest absolute Gasteiger partial charge is 0.375 e. The number of amides is 1. The van der Waals surface area contributed by atoms with Gasteiger partial charge in [-0.1, -0.05) is 19.3 Å². The van der Waals surface area contributed by atoms with E-state index in [0.717, 1.165) is 25.4 Å². The van der Waals surface area contributed by atoms with E-state index < -0.39 is 0 Å². The first-order chi connectivity index (χ1) is 11.4. The number of hydrogen-bond acceptors (Lipinski definition) is 3. The molecule has 1 saturated heterocycles. The molecular formula is C18H34N4O2. The van der Waals surface area contributed by atoms with Crippen molar-refractivity contribution >= 4 is 11.9 Å². The fourth-order valence-electron chi connectivity index (χ4n) is 3.58. The van der Waals surface area contributed by atoms with Crippen molar-refractivity contribution in [2.75, 3.05) is 27.2 Å². The molecule has 0 aromatic carbocycles. The number of aliphatic imine (C=N–C) groups is 1. The van der Waals surface area contributed by atoms with Gasteiger partial charge in [-0.15, -0.1) is 0 Å². The second-order valence-corrected chi connectivity index (χ2v) is 7.68. The molecule has 0 bridgehead atoms. The average molecular weight is 338 g/mol. The van der Waals surface area contributed by atoms with Gasteiger partial charge in [0.05, 0.1) is 5.60 Å². The average Bonchev–Trinajstić information content (AvgIpc) is 2.52. The van der Waals surface area contributed by atoms with Crippen molar-refractivity contribution in [2.24, 2.45) is 4.99 Å². The van der Waals surface area contributed by atoms with Crippen LogP contribution < -0.4 is 10.6 Å². The van der Waals surface area contributed by atoms with E-state index >= 15 is 0 Å². The number of likely N-dealkylation sites (N-methyl/N-ethyl adjacent to an activating group) is 1. The molecule has 1 unspecified atom stereocenters. The number of guanidine groups is 1. The summed E-state index contributed by atoms with van der Waals surface area (Å²) < 4.78 is 6.17. The SMILES string of the molecule is CC(C)NC(=NCC(=O)N(C)C)NC1CCOC2(CCCCC2)C1. The molecule has 6 nitrogen and oxygen atoms in total. The van der Waals surface area contributed by atoms with Crippen LogP contribution >= 0.6 is 0 Å². The summed E-state index contributed by atoms with van der Waals surface area (Å²) in [6, 6.07) is 0.630. The lowest BCUT2D eigenvalue weighted by Crippen LogP contribution is -2.53. The molecule has 1 aliphatic carbocycles. The molecule has 1 amide bonds. The van der Waals surface area contributed by atoms with Crippen LogP contribution in [0.5, 0.6) is 0 Å². The molecule has 1 saturated carbocycles. The van der Waals surface area contributed by atoms with Crippen LogP contribution in [0.3, 0.4) is 0 Å². The van der Waals surface area contributed by atoms with Gasteiger partial charge in [-0.3, -0.25) is 4.79 Å². The van der Waals surface area contributed by atoms with Crippen molar-refractivity contribution in [1.82, 2.24) is 15.5 Å². The molecular weight excluding hydrogens is 304 g/mol. The van der Waals surface area contributed by atoms with Crippen molar-refractivity contribution in [1.29, 1.82) is 0 Å². The molecule has 1 atom stereocenters. The first-order valence-corrected chi connectivity index (χ1v) is 9.32. The molecule has 24 heavy (non-hydrogen) atoms. The fraction of sp³-hybridized carbons (Fsp3) is 0.889. The van der Waals surface area contributed by atoms with Gasteiger partial charge in [0.15, 0.2) is 5.96 Å². The lowest BCUT2D eigenvalue weighted by Gasteiger charge is -2.44. The second-order valence-electron chi connectivity index (χ2n) is 7.68. The molecule has 2 fully saturated rings. The number of hydrogen-bond donors (Lipinski definition) is 2. The Morgan fingerprint density at radius 1 is 1.29 bits per heavy atom. The molecule has 0 aromatic heterocycles. The monoisotopic (exact) mass is 338 g/mol. The zero-order valence-corrected chi connectivity index (χ0v) is 15.7. The Bertz CT molecular complexity index is 437. The Labute approximate surface area is 146 Å². The van der Waals surface area contributed by atoms with Crippen molar-refractivity contribution in [3.63, 3.8) is 0 Å². The summed E-state index contributed by atoms with van der Waals surface area (Å²) in [7, 11) is 3.51. The van der Waals surface area contributed by atoms with Crippen molar-refractivity contribution in [2.45, 2.75) is 76.5 Å². The highest BCUT2D eigenvalue weighted by Crippen LogP contribution is 2.38. The van der Waals surface area contributed by atoms with E-state index in [2.05, 4.69) is 29.5 Å². The molecule has 6 heteroatoms. The lowest BCUT2D eigenvalue weighted by molar-refractivity contribution is -0.127. The summed E-state index contributed by atoms with van der Waals surface area (Å²) in [5.41, 5.74) is 0.0660. The van der Waals surface area contributed by atoms with Gasteiger partial charge in [0.25, 0.3) is 0 Å². The predicted molar refractivity (Wildman–Crippen MR) is 97.2 cm³/mol. The lowest BCUT2D eigenvalue weighted by atomic mass is 9.78. The quantitative estimate of drug-likeness (QED) is 0.607. The van der Waals surface area contributed by atoms with Crippen molar-refractivity contribution in [3.8, 4) is 0 Å². The molecule has 1 aliphatic heterocycles. The molecule has 138 valence electrons. The minimum Gasteiger partial charge on any atom is -0.375 e. The molecule has 1 spiro atoms. The van der Waals surface area contributed by atoms with E-state index in [1.807, 2.05) is 0 Å². The Morgan fingerprint density at radius 3 is 2.62 bits per heavy atom. The number of carbonyl (C=O) groups is 1. The third kappa shape index (κ3) is 5.65. The highest BCUT2D eigenvalue weighted by atomic mass is 16.5. The zero-order valence-electron chi connectivity index (χ0n) is 15.7. The van der Waals surface area contributed by atoms with Crippen LogP contribution in [-0.4, -0.2) is 61.7 Å². The Kier molecular flexibility index (Phi) is 6.90. The third-order valence-corrected chi connectivity index (χ3v) is 4.90. The number of rotatable bonds is 4. The number of carbonyl (C=O) groups excluding carboxylic acids is 1. The van der Waals surface area contributed by atoms with E-state index in [9.17, 15) is 4.79 Å². The van der Waals surface area contributed by atoms with Gasteiger partial charge < -0.3 is 20.3 Å². The topological polar surface area (TPSA) is 66.0 Å². The van der Waals surface area contributed by atoms with Crippen LogP contribution in [-0.2, 0) is 9.53 Å². The summed E-state index contributed by atoms with van der Waals surface area (Å²) in [4.78, 5) is 17.9. The van der Waals surface area contributed by atoms with E-state index in [0.29, 0.717) is 6.04 Å². The molecule has 2 aliphatic rings. The van der Waals surface area contributed by atoms with Crippen LogP contribution in [0.4, 0.5) is 0 Å². The van der Waals surface area contributed by atoms with Crippen LogP contribution in [0.15, 0.2) is 4.99 Å². The van der Waals surface area contributed by atoms with Gasteiger partial charge in [0.1, 0.15) is 6.54 Å². The van der Waals surface area contributed by atoms with Gasteiger partial charge in [-0.25, -0.2) is 4.99 Å². The van der Waals surface area contributed by atoms with Gasteiger partial charge in [-0.2, -0.15) is 0 Å². The van der Waals surface area contributed by atoms with Gasteiger partial charge in [-0.05, 0) is 39.5 Å². The molecule has 2 rings (SSSR count). The molecule has 1 heterocycles. The fourth-order valence-corrected chi connectivity index (χ4v) is 3.58. The smallest absolute Gasteiger partial charge is 0.243 e. The van der Waals surface area contributed by atoms with Crippen LogP contribution in [0.2, 0.25) is 0 Å². The number of nitrogens with one attached hydrogen (secondary N) is 2. The molecule has 0 radical (unpaired) electrons. The second kappa shape index (κ2) is 8.70. The standard InChI is InChI=1S/C18H34N4O2/c1-14(2)20-17(19-13-16(23)22(3)4)21-15-8-11-24-18(12-15)9-6-5-7-10-18/h14-15H,5-13H2,1-4H3,(H2,19,20,21). The maximum atomic E-state index is 11.8. The summed E-state index contributed by atoms with van der Waals surface area (Å²) in [6.45, 7) is 5.14. The zero-order chi connectivity index (χ0) is 17.6. The van der Waals surface area contributed by atoms with Crippen LogP contribution in [0, 0.1) is 0 Å². The highest BCUT2D eigenvalue weighted by molar-refractivity contribution is 5.85. The van der Waals surface area contributed by atoms with Crippen molar-refractivity contribution in [3.05, 3.63) is 0 Å². The highest BCUT2D eigenvalue weighted by Gasteiger charge is 2.38. The normalized spacial score (nSPS) is 24.0. The Hall–Kier alpha value is -1.30. The van der Waals surface area contributed by atoms with E-state index in [1.165, 1.54) is 32.1 Å². The number of ether oxygens (including phenoxy) is 1. The van der Waals surface area contributed by atoms with Crippen molar-refractivity contribution < 1.29 is 9.53 Å². The summed E-state index contributed by atoms with van der Waals surface area (Å²) in [5, 5.41) is 6.88. The van der Waals surface area contributed by atoms with Gasteiger partial charge >= 0.3 is 0 Å². The van der Waals surface area contributed by atoms with Gasteiger partial charge in [0.2, 0.25) is 5.91 Å². The van der Waals surface area contributed by atoms with Crippen LogP contribution in [0.1, 0.15) is 58.8 Å². The summed E-state index contributed by atoms with van der Waals surface area (Å²) in [6.07, 6.45) is 8.25. The number of nitrogens with zero attached hydrogens (tertiary/aromatic N) is 2. The maximum absolute atomic E-state index is 11.8. The van der Waals surface area contributed by atoms with E-state index in [1.54, 1.807) is 19.0 Å². The summed E-state index contributed by atoms with van der Waals surface area (Å²) >= 11 is 0. The Morgan fingerprint density at radius 2 is 2.00 bits per heavy atom. The Balaban J connectivity index is 1.97. The predicted octanol–water partition coefficient (Wildman–Crippen LogP) is 1.90. The minimum absolute atomic E-state index is 0.00980. The molecule has 2 N–H and O–H groups in total. The van der Waals surface area contributed by atoms with Crippen LogP contribution in [0.25, 0.3) is 0 Å². The summed E-state index contributed by atoms with van der Waals surface area (Å²) in [5.74, 6) is 0.744. The van der Waals surface area contributed by atoms with E-state index in [4.69, 9.17) is 4.74 Å². The first kappa shape index (κ1) is 19.0. The minimum atomic E-state index is 0.00980. The van der Waals surface area contributed by atoms with Gasteiger partial charge in [0, 0.05) is 32.8 Å². The molecule has 0 aromatic rings. The maximum Gasteiger partial charge on any atom is 0.243 e. The van der Waals surface area contributed by atoms with E-state index in [-0.39, 0.29) is 24.1 Å². The third-order valence-electron chi connectivity index (χ3n) is 4.90. The first-order valence-electron chi connectivity index (χ1n) is 9.32.